The van der Waals surface area contributed by atoms with Crippen molar-refractivity contribution in [3.63, 3.8) is 0 Å². The van der Waals surface area contributed by atoms with Gasteiger partial charge in [-0.15, -0.1) is 10.2 Å². The average molecular weight is 403 g/mol. The predicted molar refractivity (Wildman–Crippen MR) is 93.7 cm³/mol. The molecule has 0 aromatic carbocycles. The van der Waals surface area contributed by atoms with Crippen molar-refractivity contribution in [2.24, 2.45) is 7.05 Å². The third-order valence-electron chi connectivity index (χ3n) is 3.69. The highest BCUT2D eigenvalue weighted by molar-refractivity contribution is 7.91. The number of rotatable bonds is 7. The molecule has 2 amide bonds. The summed E-state index contributed by atoms with van der Waals surface area (Å²) in [7, 11) is -2.22. The monoisotopic (exact) mass is 403 g/mol. The van der Waals surface area contributed by atoms with E-state index in [2.05, 4.69) is 20.8 Å². The molecule has 2 heterocycles. The molecule has 1 aromatic heterocycles. The first-order chi connectivity index (χ1) is 12.5. The fraction of sp³-hybridized carbons (Fsp3) is 0.733. The van der Waals surface area contributed by atoms with Gasteiger partial charge in [0.2, 0.25) is 15.0 Å². The highest BCUT2D eigenvalue weighted by Gasteiger charge is 2.38. The van der Waals surface area contributed by atoms with E-state index in [4.69, 9.17) is 9.47 Å². The minimum Gasteiger partial charge on any atom is -0.444 e. The quantitative estimate of drug-likeness (QED) is 0.622. The second kappa shape index (κ2) is 8.11. The Morgan fingerprint density at radius 2 is 2.15 bits per heavy atom. The van der Waals surface area contributed by atoms with Crippen molar-refractivity contribution in [3.8, 4) is 0 Å². The van der Waals surface area contributed by atoms with Crippen molar-refractivity contribution in [2.75, 3.05) is 12.3 Å². The van der Waals surface area contributed by atoms with Crippen LogP contribution in [-0.2, 0) is 26.4 Å². The Kier molecular flexibility index (Phi) is 6.29. The minimum absolute atomic E-state index is 0.172. The number of sulfone groups is 1. The third kappa shape index (κ3) is 6.08. The SMILES string of the molecule is Cn1cnnc1S(=O)(=O)C[C@@H]1NC(=O)O[C@H]1CCCNC(=O)OC(C)(C)C. The van der Waals surface area contributed by atoms with E-state index in [-0.39, 0.29) is 10.9 Å². The summed E-state index contributed by atoms with van der Waals surface area (Å²) in [5.41, 5.74) is -0.589. The number of hydrogen-bond donors (Lipinski definition) is 2. The van der Waals surface area contributed by atoms with Gasteiger partial charge >= 0.3 is 12.2 Å². The molecule has 2 atom stereocenters. The summed E-state index contributed by atoms with van der Waals surface area (Å²) in [6.07, 6.45) is 0.327. The third-order valence-corrected chi connectivity index (χ3v) is 5.42. The van der Waals surface area contributed by atoms with E-state index < -0.39 is 39.8 Å². The summed E-state index contributed by atoms with van der Waals surface area (Å²) >= 11 is 0. The van der Waals surface area contributed by atoms with Gasteiger partial charge in [0.1, 0.15) is 18.0 Å². The Balaban J connectivity index is 1.86. The number of aryl methyl sites for hydroxylation is 1. The lowest BCUT2D eigenvalue weighted by Gasteiger charge is -2.20. The number of alkyl carbamates (subject to hydrolysis) is 2. The van der Waals surface area contributed by atoms with Crippen LogP contribution in [0.2, 0.25) is 0 Å². The fourth-order valence-electron chi connectivity index (χ4n) is 2.58. The van der Waals surface area contributed by atoms with Gasteiger partial charge < -0.3 is 24.7 Å². The van der Waals surface area contributed by atoms with Crippen molar-refractivity contribution in [2.45, 2.75) is 56.5 Å². The molecule has 1 aliphatic rings. The minimum atomic E-state index is -3.75. The Morgan fingerprint density at radius 3 is 2.74 bits per heavy atom. The maximum absolute atomic E-state index is 12.5. The highest BCUT2D eigenvalue weighted by Crippen LogP contribution is 2.18. The summed E-state index contributed by atoms with van der Waals surface area (Å²) in [6.45, 7) is 5.60. The lowest BCUT2D eigenvalue weighted by atomic mass is 10.1. The molecule has 0 spiro atoms. The molecule has 0 unspecified atom stereocenters. The first kappa shape index (κ1) is 20.9. The lowest BCUT2D eigenvalue weighted by molar-refractivity contribution is 0.0523. The van der Waals surface area contributed by atoms with Gasteiger partial charge in [-0.25, -0.2) is 18.0 Å². The molecule has 27 heavy (non-hydrogen) atoms. The van der Waals surface area contributed by atoms with Crippen LogP contribution in [0.15, 0.2) is 11.5 Å². The van der Waals surface area contributed by atoms with Crippen molar-refractivity contribution in [3.05, 3.63) is 6.33 Å². The van der Waals surface area contributed by atoms with Crippen LogP contribution in [0.25, 0.3) is 0 Å². The van der Waals surface area contributed by atoms with Gasteiger partial charge in [0, 0.05) is 13.6 Å². The molecule has 2 N–H and O–H groups in total. The van der Waals surface area contributed by atoms with Crippen molar-refractivity contribution < 1.29 is 27.5 Å². The van der Waals surface area contributed by atoms with Gasteiger partial charge in [-0.05, 0) is 33.6 Å². The Morgan fingerprint density at radius 1 is 1.44 bits per heavy atom. The number of ether oxygens (including phenoxy) is 2. The summed E-state index contributed by atoms with van der Waals surface area (Å²) in [6, 6.07) is -0.708. The topological polar surface area (TPSA) is 142 Å². The summed E-state index contributed by atoms with van der Waals surface area (Å²) in [5.74, 6) is -0.352. The average Bonchev–Trinajstić information content (AvgIpc) is 3.08. The van der Waals surface area contributed by atoms with Gasteiger partial charge in [0.05, 0.1) is 11.8 Å². The van der Waals surface area contributed by atoms with E-state index in [9.17, 15) is 18.0 Å². The molecule has 1 saturated heterocycles. The Labute approximate surface area is 157 Å². The van der Waals surface area contributed by atoms with Crippen LogP contribution in [0.3, 0.4) is 0 Å². The van der Waals surface area contributed by atoms with Gasteiger partial charge in [-0.3, -0.25) is 0 Å². The zero-order valence-electron chi connectivity index (χ0n) is 15.8. The Hall–Kier alpha value is -2.37. The van der Waals surface area contributed by atoms with Crippen LogP contribution in [0.5, 0.6) is 0 Å². The molecule has 12 heteroatoms. The number of amides is 2. The van der Waals surface area contributed by atoms with E-state index in [1.807, 2.05) is 0 Å². The van der Waals surface area contributed by atoms with Crippen LogP contribution >= 0.6 is 0 Å². The fourth-order valence-corrected chi connectivity index (χ4v) is 4.16. The van der Waals surface area contributed by atoms with E-state index in [1.54, 1.807) is 20.8 Å². The van der Waals surface area contributed by atoms with Crippen LogP contribution in [0.1, 0.15) is 33.6 Å². The summed E-state index contributed by atoms with van der Waals surface area (Å²) < 4.78 is 36.5. The predicted octanol–water partition coefficient (Wildman–Crippen LogP) is 0.371. The lowest BCUT2D eigenvalue weighted by Crippen LogP contribution is -2.39. The number of nitrogens with zero attached hydrogens (tertiary/aromatic N) is 3. The summed E-state index contributed by atoms with van der Waals surface area (Å²) in [5, 5.41) is 12.1. The molecule has 0 saturated carbocycles. The molecule has 0 bridgehead atoms. The molecule has 152 valence electrons. The molecule has 2 rings (SSSR count). The number of carbonyl (C=O) groups is 2. The van der Waals surface area contributed by atoms with Crippen LogP contribution in [0, 0.1) is 0 Å². The first-order valence-corrected chi connectivity index (χ1v) is 10.1. The highest BCUT2D eigenvalue weighted by atomic mass is 32.2. The normalized spacial score (nSPS) is 20.1. The molecular weight excluding hydrogens is 378 g/mol. The molecule has 0 aliphatic carbocycles. The molecule has 11 nitrogen and oxygen atoms in total. The molecule has 1 aliphatic heterocycles. The number of hydrogen-bond acceptors (Lipinski definition) is 8. The standard InChI is InChI=1S/C15H25N5O6S/c1-15(2,3)26-13(21)16-7-5-6-11-10(18-14(22)25-11)8-27(23,24)12-19-17-9-20(12)4/h9-11H,5-8H2,1-4H3,(H,16,21)(H,18,22)/t10-,11-/m0/s1. The van der Waals surface area contributed by atoms with Crippen LogP contribution in [-0.4, -0.2) is 65.4 Å². The molecule has 0 radical (unpaired) electrons. The van der Waals surface area contributed by atoms with E-state index in [0.29, 0.717) is 19.4 Å². The zero-order valence-corrected chi connectivity index (χ0v) is 16.6. The maximum atomic E-state index is 12.5. The number of cyclic esters (lactones) is 1. The van der Waals surface area contributed by atoms with Crippen LogP contribution in [0.4, 0.5) is 9.59 Å². The van der Waals surface area contributed by atoms with E-state index >= 15 is 0 Å². The van der Waals surface area contributed by atoms with Gasteiger partial charge in [0.25, 0.3) is 0 Å². The molecular formula is C15H25N5O6S. The summed E-state index contributed by atoms with van der Waals surface area (Å²) in [4.78, 5) is 23.1. The van der Waals surface area contributed by atoms with Gasteiger partial charge in [-0.1, -0.05) is 0 Å². The number of carbonyl (C=O) groups excluding carboxylic acids is 2. The van der Waals surface area contributed by atoms with E-state index in [0.717, 1.165) is 0 Å². The molecule has 1 fully saturated rings. The Bertz CT molecular complexity index is 785. The second-order valence-electron chi connectivity index (χ2n) is 7.27. The van der Waals surface area contributed by atoms with Gasteiger partial charge in [-0.2, -0.15) is 0 Å². The largest absolute Gasteiger partial charge is 0.444 e. The van der Waals surface area contributed by atoms with Crippen molar-refractivity contribution in [1.82, 2.24) is 25.4 Å². The second-order valence-corrected chi connectivity index (χ2v) is 9.20. The van der Waals surface area contributed by atoms with Gasteiger partial charge in [0.15, 0.2) is 0 Å². The smallest absolute Gasteiger partial charge is 0.407 e. The molecule has 1 aromatic rings. The zero-order chi connectivity index (χ0) is 20.2. The maximum Gasteiger partial charge on any atom is 0.407 e. The van der Waals surface area contributed by atoms with E-state index in [1.165, 1.54) is 17.9 Å². The first-order valence-electron chi connectivity index (χ1n) is 8.49. The number of aromatic nitrogens is 3. The number of nitrogens with one attached hydrogen (secondary N) is 2. The van der Waals surface area contributed by atoms with Crippen LogP contribution < -0.4 is 10.6 Å². The van der Waals surface area contributed by atoms with Crippen molar-refractivity contribution in [1.29, 1.82) is 0 Å². The van der Waals surface area contributed by atoms with Crippen molar-refractivity contribution >= 4 is 22.0 Å².